The lowest BCUT2D eigenvalue weighted by molar-refractivity contribution is 0.0724. The molecule has 1 unspecified atom stereocenters. The Bertz CT molecular complexity index is 990. The van der Waals surface area contributed by atoms with Crippen LogP contribution in [0.2, 0.25) is 0 Å². The highest BCUT2D eigenvalue weighted by Crippen LogP contribution is 2.22. The first-order chi connectivity index (χ1) is 12.6. The molecule has 4 rings (SSSR count). The fourth-order valence-electron chi connectivity index (χ4n) is 3.44. The Morgan fingerprint density at radius 2 is 1.92 bits per heavy atom. The van der Waals surface area contributed by atoms with Crippen molar-refractivity contribution in [2.45, 2.75) is 24.2 Å². The first-order valence-electron chi connectivity index (χ1n) is 8.84. The lowest BCUT2D eigenvalue weighted by Gasteiger charge is -2.26. The van der Waals surface area contributed by atoms with E-state index in [-0.39, 0.29) is 5.91 Å². The molecule has 0 bridgehead atoms. The van der Waals surface area contributed by atoms with Gasteiger partial charge in [-0.05, 0) is 49.6 Å². The lowest BCUT2D eigenvalue weighted by Crippen LogP contribution is -2.35. The zero-order chi connectivity index (χ0) is 18.1. The van der Waals surface area contributed by atoms with Crippen molar-refractivity contribution in [3.05, 3.63) is 54.4 Å². The zero-order valence-corrected chi connectivity index (χ0v) is 15.5. The van der Waals surface area contributed by atoms with Crippen molar-refractivity contribution in [2.75, 3.05) is 19.3 Å². The third kappa shape index (κ3) is 3.17. The van der Waals surface area contributed by atoms with Crippen molar-refractivity contribution >= 4 is 27.7 Å². The third-order valence-corrected chi connectivity index (χ3v) is 5.76. The number of hydrogen-bond acceptors (Lipinski definition) is 3. The number of benzene rings is 1. The molecule has 1 saturated heterocycles. The lowest BCUT2D eigenvalue weighted by atomic mass is 10.1. The quantitative estimate of drug-likeness (QED) is 0.713. The molecule has 6 heteroatoms. The molecule has 2 aromatic heterocycles. The van der Waals surface area contributed by atoms with Crippen LogP contribution >= 0.6 is 0 Å². The van der Waals surface area contributed by atoms with Gasteiger partial charge in [0.05, 0.1) is 5.56 Å². The maximum atomic E-state index is 12.7. The van der Waals surface area contributed by atoms with Gasteiger partial charge in [-0.3, -0.25) is 9.00 Å². The van der Waals surface area contributed by atoms with Crippen LogP contribution < -0.4 is 0 Å². The third-order valence-electron chi connectivity index (χ3n) is 4.84. The molecule has 1 atom stereocenters. The number of rotatable bonds is 3. The number of hydrogen-bond donors (Lipinski definition) is 0. The van der Waals surface area contributed by atoms with E-state index < -0.39 is 10.8 Å². The van der Waals surface area contributed by atoms with Crippen LogP contribution in [0.15, 0.2) is 53.7 Å². The van der Waals surface area contributed by atoms with Crippen LogP contribution in [0, 0.1) is 0 Å². The van der Waals surface area contributed by atoms with Crippen molar-refractivity contribution in [1.29, 1.82) is 0 Å². The van der Waals surface area contributed by atoms with Gasteiger partial charge in [-0.25, -0.2) is 4.98 Å². The molecule has 5 nitrogen and oxygen atoms in total. The Balaban J connectivity index is 1.68. The zero-order valence-electron chi connectivity index (χ0n) is 14.7. The van der Waals surface area contributed by atoms with Gasteiger partial charge in [0.25, 0.3) is 5.91 Å². The van der Waals surface area contributed by atoms with E-state index in [2.05, 4.69) is 4.98 Å². The number of carbonyl (C=O) groups is 1. The minimum Gasteiger partial charge on any atom is -0.339 e. The average Bonchev–Trinajstić information content (AvgIpc) is 3.11. The van der Waals surface area contributed by atoms with E-state index >= 15 is 0 Å². The van der Waals surface area contributed by atoms with Crippen LogP contribution in [0.3, 0.4) is 0 Å². The Hall–Kier alpha value is -2.47. The van der Waals surface area contributed by atoms with E-state index in [9.17, 15) is 9.00 Å². The van der Waals surface area contributed by atoms with Crippen molar-refractivity contribution in [2.24, 2.45) is 0 Å². The summed E-state index contributed by atoms with van der Waals surface area (Å²) in [6.45, 7) is 1.66. The van der Waals surface area contributed by atoms with Gasteiger partial charge >= 0.3 is 0 Å². The first kappa shape index (κ1) is 17.0. The largest absolute Gasteiger partial charge is 0.339 e. The summed E-state index contributed by atoms with van der Waals surface area (Å²) in [5.74, 6) is 0.0650. The molecule has 1 fully saturated rings. The second-order valence-electron chi connectivity index (χ2n) is 6.63. The van der Waals surface area contributed by atoms with Crippen LogP contribution in [-0.4, -0.2) is 43.9 Å². The number of pyridine rings is 1. The van der Waals surface area contributed by atoms with Crippen molar-refractivity contribution in [3.8, 4) is 5.69 Å². The van der Waals surface area contributed by atoms with Gasteiger partial charge < -0.3 is 9.47 Å². The second kappa shape index (κ2) is 7.03. The SMILES string of the molecule is CS(=O)c1cccc(-n2ccc3cc(C(=O)N4CCCCC4)cnc32)c1. The summed E-state index contributed by atoms with van der Waals surface area (Å²) >= 11 is 0. The number of piperidine rings is 1. The maximum Gasteiger partial charge on any atom is 0.255 e. The van der Waals surface area contributed by atoms with Crippen LogP contribution in [0.5, 0.6) is 0 Å². The van der Waals surface area contributed by atoms with Crippen LogP contribution in [-0.2, 0) is 10.8 Å². The van der Waals surface area contributed by atoms with Crippen molar-refractivity contribution in [3.63, 3.8) is 0 Å². The molecule has 1 aromatic carbocycles. The van der Waals surface area contributed by atoms with Crippen molar-refractivity contribution in [1.82, 2.24) is 14.5 Å². The molecule has 1 amide bonds. The van der Waals surface area contributed by atoms with Crippen LogP contribution in [0.4, 0.5) is 0 Å². The summed E-state index contributed by atoms with van der Waals surface area (Å²) in [6, 6.07) is 11.5. The Morgan fingerprint density at radius 1 is 1.12 bits per heavy atom. The predicted octanol–water partition coefficient (Wildman–Crippen LogP) is 3.39. The highest BCUT2D eigenvalue weighted by Gasteiger charge is 2.19. The average molecular weight is 367 g/mol. The molecule has 0 N–H and O–H groups in total. The molecule has 0 spiro atoms. The molecule has 3 heterocycles. The van der Waals surface area contributed by atoms with Gasteiger partial charge in [0, 0.05) is 58.5 Å². The highest BCUT2D eigenvalue weighted by molar-refractivity contribution is 7.84. The van der Waals surface area contributed by atoms with Gasteiger partial charge in [0.15, 0.2) is 0 Å². The summed E-state index contributed by atoms with van der Waals surface area (Å²) in [7, 11) is -1.03. The number of nitrogens with zero attached hydrogens (tertiary/aromatic N) is 3. The van der Waals surface area contributed by atoms with Gasteiger partial charge in [-0.2, -0.15) is 0 Å². The topological polar surface area (TPSA) is 55.2 Å². The molecule has 0 radical (unpaired) electrons. The minimum absolute atomic E-state index is 0.0650. The molecule has 1 aliphatic heterocycles. The summed E-state index contributed by atoms with van der Waals surface area (Å²) in [4.78, 5) is 19.9. The minimum atomic E-state index is -1.03. The molecular weight excluding hydrogens is 346 g/mol. The summed E-state index contributed by atoms with van der Waals surface area (Å²) < 4.78 is 13.7. The molecule has 0 aliphatic carbocycles. The number of aromatic nitrogens is 2. The van der Waals surface area contributed by atoms with E-state index in [4.69, 9.17) is 0 Å². The van der Waals surface area contributed by atoms with Gasteiger partial charge in [0.2, 0.25) is 0 Å². The number of fused-ring (bicyclic) bond motifs is 1. The monoisotopic (exact) mass is 367 g/mol. The Morgan fingerprint density at radius 3 is 2.69 bits per heavy atom. The van der Waals surface area contributed by atoms with E-state index in [0.29, 0.717) is 5.56 Å². The van der Waals surface area contributed by atoms with Gasteiger partial charge in [0.1, 0.15) is 5.65 Å². The molecule has 0 saturated carbocycles. The fraction of sp³-hybridized carbons (Fsp3) is 0.300. The van der Waals surface area contributed by atoms with E-state index in [1.165, 1.54) is 6.42 Å². The van der Waals surface area contributed by atoms with Crippen LogP contribution in [0.1, 0.15) is 29.6 Å². The normalized spacial score (nSPS) is 16.0. The van der Waals surface area contributed by atoms with E-state index in [1.807, 2.05) is 52.1 Å². The van der Waals surface area contributed by atoms with Crippen LogP contribution in [0.25, 0.3) is 16.7 Å². The Labute approximate surface area is 155 Å². The summed E-state index contributed by atoms with van der Waals surface area (Å²) in [5, 5.41) is 0.927. The predicted molar refractivity (Wildman–Crippen MR) is 103 cm³/mol. The standard InChI is InChI=1S/C20H21N3O2S/c1-26(25)18-7-5-6-17(13-18)23-11-8-15-12-16(14-21-19(15)23)20(24)22-9-3-2-4-10-22/h5-8,11-14H,2-4,9-10H2,1H3. The Kier molecular flexibility index (Phi) is 4.59. The molecule has 3 aromatic rings. The molecule has 134 valence electrons. The number of likely N-dealkylation sites (tertiary alicyclic amines) is 1. The smallest absolute Gasteiger partial charge is 0.255 e. The summed E-state index contributed by atoms with van der Waals surface area (Å²) in [6.07, 6.45) is 8.62. The summed E-state index contributed by atoms with van der Waals surface area (Å²) in [5.41, 5.74) is 2.34. The van der Waals surface area contributed by atoms with E-state index in [1.54, 1.807) is 12.5 Å². The van der Waals surface area contributed by atoms with E-state index in [0.717, 1.165) is 47.5 Å². The molecule has 26 heavy (non-hydrogen) atoms. The molecular formula is C20H21N3O2S. The fourth-order valence-corrected chi connectivity index (χ4v) is 4.00. The molecule has 1 aliphatic rings. The first-order valence-corrected chi connectivity index (χ1v) is 10.4. The van der Waals surface area contributed by atoms with Gasteiger partial charge in [-0.1, -0.05) is 6.07 Å². The highest BCUT2D eigenvalue weighted by atomic mass is 32.2. The number of amides is 1. The van der Waals surface area contributed by atoms with Crippen molar-refractivity contribution < 1.29 is 9.00 Å². The van der Waals surface area contributed by atoms with Gasteiger partial charge in [-0.15, -0.1) is 0 Å². The number of carbonyl (C=O) groups excluding carboxylic acids is 1. The maximum absolute atomic E-state index is 12.7. The second-order valence-corrected chi connectivity index (χ2v) is 8.01.